The Labute approximate surface area is 912 Å². The van der Waals surface area contributed by atoms with Crippen molar-refractivity contribution < 1.29 is 72.4 Å². The zero-order valence-electron chi connectivity index (χ0n) is 97.6. The fraction of sp³-hybridized carbons (Fsp3) is 0.833. The lowest BCUT2D eigenvalue weighted by atomic mass is 9.66. The first-order chi connectivity index (χ1) is 72.7. The van der Waals surface area contributed by atoms with Crippen molar-refractivity contribution in [1.82, 2.24) is 10.2 Å². The molecule has 2 aliphatic rings. The maximum atomic E-state index is 16.9. The number of amides is 3. The number of nitrogens with one attached hydrogen (secondary N) is 1. The van der Waals surface area contributed by atoms with E-state index in [1.54, 1.807) is 43.3 Å². The van der Waals surface area contributed by atoms with E-state index in [9.17, 15) is 29.4 Å². The number of ketones is 2. The minimum Gasteiger partial charge on any atom is -0.490 e. The van der Waals surface area contributed by atoms with Crippen molar-refractivity contribution >= 4 is 59.1 Å². The Bertz CT molecular complexity index is 3690. The average Bonchev–Trinajstić information content (AvgIpc) is 1.62. The van der Waals surface area contributed by atoms with Crippen molar-refractivity contribution in [2.75, 3.05) is 26.3 Å². The first-order valence-electron chi connectivity index (χ1n) is 64.0. The molecule has 2 aromatic carbocycles. The van der Waals surface area contributed by atoms with Crippen LogP contribution in [0.25, 0.3) is 0 Å². The van der Waals surface area contributed by atoms with Gasteiger partial charge in [0.2, 0.25) is 17.7 Å². The highest BCUT2D eigenvalue weighted by Gasteiger charge is 2.55. The van der Waals surface area contributed by atoms with Gasteiger partial charge in [-0.2, -0.15) is 0 Å². The van der Waals surface area contributed by atoms with Gasteiger partial charge in [-0.3, -0.25) is 52.8 Å². The number of aryl methyl sites for hydroxylation is 1. The van der Waals surface area contributed by atoms with Crippen molar-refractivity contribution in [3.8, 4) is 5.75 Å². The Hall–Kier alpha value is -6.26. The van der Waals surface area contributed by atoms with Crippen LogP contribution in [-0.4, -0.2) is 101 Å². The molecule has 2 saturated heterocycles. The molecule has 0 aliphatic carbocycles. The number of benzene rings is 2. The third-order valence-corrected chi connectivity index (χ3v) is 33.8. The zero-order valence-corrected chi connectivity index (χ0v) is 97.6. The molecular formula is C132H228N2O15. The standard InChI is InChI=1S/C132H228N2O15/c1-10-16-22-28-34-40-46-50-54-58-62-68-74-80-86-108(8)102-119(131(145)148-101-100-147-115-96-94-111(95-97-115)121(136)106-120(135)110-92-90-107(7)91-93-110)124(129(142)143)114(89-83-77-71-65-61-57-53-49-43-37-31-25-19-13-4)105-118-122(127(139)134(126(118)138)99-85-79-73-67-45-39-33-27-21-15-6)112(87-81-75-69-63-59-55-51-47-41-35-29-23-17-11-2)104-117(125(137)133-98-84-78-72-66-44-38-32-26-20-14-5)123(128(140)141)113(103-116-109(9)130(144)149-132(116)146)88-82-76-70-64-60-56-52-48-42-36-30-24-18-12-3/h90-97,108-109,112-114,116-119,122-124H,10-89,98-106H2,1-9H3,(H,133,137)(H,140,141)(H,142,143). The molecule has 17 nitrogen and oxygen atoms in total. The number of carboxylic acid groups (broad SMARTS) is 2. The van der Waals surface area contributed by atoms with Crippen LogP contribution in [0.1, 0.15) is 627 Å². The Morgan fingerprint density at radius 1 is 0.349 bits per heavy atom. The predicted molar refractivity (Wildman–Crippen MR) is 619 cm³/mol. The number of ether oxygens (including phenoxy) is 3. The van der Waals surface area contributed by atoms with Crippen LogP contribution in [0.5, 0.6) is 5.75 Å². The number of carbonyl (C=O) groups is 10. The van der Waals surface area contributed by atoms with E-state index in [2.05, 4.69) is 53.8 Å². The zero-order chi connectivity index (χ0) is 108. The first kappa shape index (κ1) is 135. The predicted octanol–water partition coefficient (Wildman–Crippen LogP) is 37.4. The van der Waals surface area contributed by atoms with E-state index in [0.717, 1.165) is 192 Å². The van der Waals surface area contributed by atoms with Crippen LogP contribution < -0.4 is 10.1 Å². The smallest absolute Gasteiger partial charge is 0.317 e. The van der Waals surface area contributed by atoms with Gasteiger partial charge < -0.3 is 29.7 Å². The number of hydrogen-bond acceptors (Lipinski definition) is 13. The van der Waals surface area contributed by atoms with Crippen LogP contribution in [0, 0.1) is 77.9 Å². The summed E-state index contributed by atoms with van der Waals surface area (Å²) in [6, 6.07) is 13.7. The SMILES string of the molecule is CCCCCCCCCCCCCCCCC(C)CC(C(=O)OCCOc1ccc(C(=O)CC(=O)c2ccc(C)cc2)cc1)C(C(=O)O)C(CCCCCCCCCCCCCCCC)CC1C(=O)N(CCCCCCCCCCCC)C(=O)C1C(CCCCCCCCCCCCCCCC)CC(C(=O)NCCCCCCCCCCCC)C(C(=O)O)C(CCCCCCCCCCCCCCCC)CC1C(=O)OC(=O)C1C. The molecule has 2 aromatic rings. The quantitative estimate of drug-likeness (QED) is 0.0183. The maximum Gasteiger partial charge on any atom is 0.317 e. The third kappa shape index (κ3) is 62.9. The minimum absolute atomic E-state index is 0.0210. The van der Waals surface area contributed by atoms with Crippen molar-refractivity contribution in [3.05, 3.63) is 65.2 Å². The fourth-order valence-electron chi connectivity index (χ4n) is 24.3. The van der Waals surface area contributed by atoms with Gasteiger partial charge in [-0.25, -0.2) is 0 Å². The van der Waals surface area contributed by atoms with Crippen LogP contribution in [0.15, 0.2) is 48.5 Å². The highest BCUT2D eigenvalue weighted by atomic mass is 16.6. The molecule has 0 saturated carbocycles. The Morgan fingerprint density at radius 3 is 1.00 bits per heavy atom. The first-order valence-corrected chi connectivity index (χ1v) is 64.0. The van der Waals surface area contributed by atoms with Crippen LogP contribution >= 0.6 is 0 Å². The fourth-order valence-corrected chi connectivity index (χ4v) is 24.3. The lowest BCUT2D eigenvalue weighted by Crippen LogP contribution is -2.45. The molecule has 4 rings (SSSR count). The summed E-state index contributed by atoms with van der Waals surface area (Å²) in [5, 5.41) is 28.3. The summed E-state index contributed by atoms with van der Waals surface area (Å²) in [5.74, 6) is -17.2. The van der Waals surface area contributed by atoms with E-state index in [1.807, 2.05) is 19.1 Å². The summed E-state index contributed by atoms with van der Waals surface area (Å²) in [5.41, 5.74) is 1.82. The van der Waals surface area contributed by atoms with Crippen molar-refractivity contribution in [2.45, 2.75) is 608 Å². The third-order valence-electron chi connectivity index (χ3n) is 33.8. The van der Waals surface area contributed by atoms with Gasteiger partial charge in [0.15, 0.2) is 11.6 Å². The second-order valence-electron chi connectivity index (χ2n) is 47.0. The molecule has 149 heavy (non-hydrogen) atoms. The van der Waals surface area contributed by atoms with Gasteiger partial charge in [-0.05, 0) is 113 Å². The highest BCUT2D eigenvalue weighted by Crippen LogP contribution is 2.48. The molecule has 856 valence electrons. The van der Waals surface area contributed by atoms with Gasteiger partial charge >= 0.3 is 29.8 Å². The van der Waals surface area contributed by atoms with Gasteiger partial charge in [0.05, 0.1) is 53.8 Å². The molecule has 17 heteroatoms. The highest BCUT2D eigenvalue weighted by molar-refractivity contribution is 6.13. The van der Waals surface area contributed by atoms with Gasteiger partial charge in [0.25, 0.3) is 0 Å². The Morgan fingerprint density at radius 2 is 0.658 bits per heavy atom. The molecule has 3 amide bonds. The van der Waals surface area contributed by atoms with Gasteiger partial charge in [-0.1, -0.05) is 567 Å². The topological polar surface area (TPSA) is 254 Å². The van der Waals surface area contributed by atoms with E-state index < -0.39 is 101 Å². The Kier molecular flexibility index (Phi) is 82.4. The minimum atomic E-state index is -1.37. The Balaban J connectivity index is 1.98. The molecule has 0 spiro atoms. The van der Waals surface area contributed by atoms with Crippen molar-refractivity contribution in [2.24, 2.45) is 71.0 Å². The number of rotatable bonds is 107. The van der Waals surface area contributed by atoms with Crippen LogP contribution in [-0.2, 0) is 47.8 Å². The monoisotopic (exact) mass is 2080 g/mol. The van der Waals surface area contributed by atoms with E-state index in [-0.39, 0.29) is 81.2 Å². The largest absolute Gasteiger partial charge is 0.490 e. The molecule has 3 N–H and O–H groups in total. The molecule has 0 bridgehead atoms. The molecule has 2 heterocycles. The van der Waals surface area contributed by atoms with Crippen LogP contribution in [0.3, 0.4) is 0 Å². The maximum absolute atomic E-state index is 16.9. The number of nitrogens with zero attached hydrogens (tertiary/aromatic N) is 1. The number of Topliss-reactive ketones (excluding diaryl/α,β-unsaturated/α-hetero) is 2. The molecule has 0 radical (unpaired) electrons. The van der Waals surface area contributed by atoms with Crippen LogP contribution in [0.4, 0.5) is 0 Å². The number of imide groups is 1. The summed E-state index contributed by atoms with van der Waals surface area (Å²) >= 11 is 0. The second-order valence-corrected chi connectivity index (χ2v) is 47.0. The number of aliphatic carboxylic acids is 2. The van der Waals surface area contributed by atoms with Crippen molar-refractivity contribution in [1.29, 1.82) is 0 Å². The molecule has 12 atom stereocenters. The number of hydrogen-bond donors (Lipinski definition) is 3. The lowest BCUT2D eigenvalue weighted by molar-refractivity contribution is -0.162. The number of carbonyl (C=O) groups excluding carboxylic acids is 8. The average molecular weight is 2080 g/mol. The normalized spacial score (nSPS) is 16.4. The van der Waals surface area contributed by atoms with Crippen molar-refractivity contribution in [3.63, 3.8) is 0 Å². The number of cyclic esters (lactones) is 2. The molecule has 2 aliphatic heterocycles. The molecule has 2 fully saturated rings. The van der Waals surface area contributed by atoms with Gasteiger partial charge in [0, 0.05) is 24.2 Å². The lowest BCUT2D eigenvalue weighted by Gasteiger charge is -2.37. The number of unbranched alkanes of at least 4 members (excludes halogenated alkanes) is 70. The van der Waals surface area contributed by atoms with E-state index in [0.29, 0.717) is 74.8 Å². The summed E-state index contributed by atoms with van der Waals surface area (Å²) in [4.78, 5) is 152. The summed E-state index contributed by atoms with van der Waals surface area (Å²) in [6.07, 6.45) is 87.3. The van der Waals surface area contributed by atoms with E-state index in [1.165, 1.54) is 281 Å². The van der Waals surface area contributed by atoms with Crippen LogP contribution in [0.2, 0.25) is 0 Å². The molecule has 0 aromatic heterocycles. The van der Waals surface area contributed by atoms with E-state index >= 15 is 28.8 Å². The second kappa shape index (κ2) is 90.9. The van der Waals surface area contributed by atoms with E-state index in [4.69, 9.17) is 14.2 Å². The number of likely N-dealkylation sites (tertiary alicyclic amines) is 1. The summed E-state index contributed by atoms with van der Waals surface area (Å²) < 4.78 is 18.0. The number of carboxylic acids is 2. The number of esters is 3. The summed E-state index contributed by atoms with van der Waals surface area (Å²) in [7, 11) is 0. The molecule has 12 unspecified atom stereocenters. The molecular weight excluding hydrogens is 1850 g/mol. The van der Waals surface area contributed by atoms with Gasteiger partial charge in [0.1, 0.15) is 19.0 Å². The van der Waals surface area contributed by atoms with Gasteiger partial charge in [-0.15, -0.1) is 0 Å². The summed E-state index contributed by atoms with van der Waals surface area (Å²) in [6.45, 7) is 19.4.